The number of carbonyl (C=O) groups excluding carboxylic acids is 1. The molecule has 1 nitrogen and oxygen atoms in total. The lowest BCUT2D eigenvalue weighted by Gasteiger charge is -2.40. The summed E-state index contributed by atoms with van der Waals surface area (Å²) < 4.78 is 0. The summed E-state index contributed by atoms with van der Waals surface area (Å²) in [5.74, 6) is 0.325. The molecule has 1 aliphatic carbocycles. The minimum absolute atomic E-state index is 0.159. The third-order valence-corrected chi connectivity index (χ3v) is 4.37. The first-order chi connectivity index (χ1) is 7.39. The molecule has 0 aromatic carbocycles. The zero-order valence-electron chi connectivity index (χ0n) is 11.5. The van der Waals surface area contributed by atoms with Crippen molar-refractivity contribution in [2.75, 3.05) is 0 Å². The van der Waals surface area contributed by atoms with E-state index in [-0.39, 0.29) is 10.8 Å². The maximum Gasteiger partial charge on any atom is 0.156 e. The Morgan fingerprint density at radius 3 is 2.00 bits per heavy atom. The first-order valence-electron chi connectivity index (χ1n) is 6.63. The van der Waals surface area contributed by atoms with Gasteiger partial charge in [0.1, 0.15) is 0 Å². The van der Waals surface area contributed by atoms with Gasteiger partial charge in [0.25, 0.3) is 0 Å². The molecule has 0 bridgehead atoms. The van der Waals surface area contributed by atoms with E-state index < -0.39 is 0 Å². The quantitative estimate of drug-likeness (QED) is 0.683. The maximum absolute atomic E-state index is 11.8. The van der Waals surface area contributed by atoms with Gasteiger partial charge in [-0.2, -0.15) is 0 Å². The molecular formula is C15H26O. The van der Waals surface area contributed by atoms with E-state index in [0.29, 0.717) is 12.2 Å². The van der Waals surface area contributed by atoms with Crippen molar-refractivity contribution in [3.05, 3.63) is 11.6 Å². The maximum atomic E-state index is 11.8. The van der Waals surface area contributed by atoms with Gasteiger partial charge in [0, 0.05) is 6.42 Å². The highest BCUT2D eigenvalue weighted by Crippen LogP contribution is 2.46. The van der Waals surface area contributed by atoms with Gasteiger partial charge in [-0.3, -0.25) is 4.79 Å². The molecule has 0 fully saturated rings. The van der Waals surface area contributed by atoms with Crippen LogP contribution in [0, 0.1) is 10.8 Å². The van der Waals surface area contributed by atoms with Crippen LogP contribution in [0.4, 0.5) is 0 Å². The number of allylic oxidation sites excluding steroid dienone is 2. The van der Waals surface area contributed by atoms with Gasteiger partial charge in [0.2, 0.25) is 0 Å². The largest absolute Gasteiger partial charge is 0.295 e. The lowest BCUT2D eigenvalue weighted by atomic mass is 9.64. The predicted octanol–water partition coefficient (Wildman–Crippen LogP) is 4.52. The first-order valence-corrected chi connectivity index (χ1v) is 6.63. The Kier molecular flexibility index (Phi) is 3.98. The van der Waals surface area contributed by atoms with Crippen molar-refractivity contribution < 1.29 is 4.79 Å². The lowest BCUT2D eigenvalue weighted by molar-refractivity contribution is -0.117. The summed E-state index contributed by atoms with van der Waals surface area (Å²) in [6.45, 7) is 11.2. The van der Waals surface area contributed by atoms with Crippen LogP contribution in [-0.2, 0) is 4.79 Å². The van der Waals surface area contributed by atoms with Crippen LogP contribution in [0.1, 0.15) is 66.7 Å². The lowest BCUT2D eigenvalue weighted by Crippen LogP contribution is -2.30. The van der Waals surface area contributed by atoms with Crippen LogP contribution in [0.5, 0.6) is 0 Å². The zero-order chi connectivity index (χ0) is 12.4. The third kappa shape index (κ3) is 2.56. The van der Waals surface area contributed by atoms with Crippen LogP contribution in [-0.4, -0.2) is 5.78 Å². The van der Waals surface area contributed by atoms with Gasteiger partial charge >= 0.3 is 0 Å². The Morgan fingerprint density at radius 2 is 1.62 bits per heavy atom. The molecular weight excluding hydrogens is 196 g/mol. The number of carbonyl (C=O) groups is 1. The predicted molar refractivity (Wildman–Crippen MR) is 69.4 cm³/mol. The average Bonchev–Trinajstić information content (AvgIpc) is 2.18. The van der Waals surface area contributed by atoms with Crippen LogP contribution in [0.25, 0.3) is 0 Å². The topological polar surface area (TPSA) is 17.1 Å². The van der Waals surface area contributed by atoms with Gasteiger partial charge in [-0.1, -0.05) is 40.2 Å². The molecule has 0 heterocycles. The van der Waals surface area contributed by atoms with E-state index in [4.69, 9.17) is 0 Å². The average molecular weight is 222 g/mol. The molecule has 1 rings (SSSR count). The fraction of sp³-hybridized carbons (Fsp3) is 0.800. The van der Waals surface area contributed by atoms with Gasteiger partial charge in [-0.15, -0.1) is 0 Å². The van der Waals surface area contributed by atoms with Crippen molar-refractivity contribution in [3.63, 3.8) is 0 Å². The summed E-state index contributed by atoms with van der Waals surface area (Å²) in [6.07, 6.45) is 7.19. The van der Waals surface area contributed by atoms with Crippen molar-refractivity contribution in [1.29, 1.82) is 0 Å². The second kappa shape index (κ2) is 4.73. The van der Waals surface area contributed by atoms with Crippen LogP contribution in [0.2, 0.25) is 0 Å². The van der Waals surface area contributed by atoms with Gasteiger partial charge in [-0.25, -0.2) is 0 Å². The molecule has 0 aromatic rings. The van der Waals surface area contributed by atoms with Gasteiger partial charge in [0.15, 0.2) is 5.78 Å². The van der Waals surface area contributed by atoms with E-state index >= 15 is 0 Å². The Balaban J connectivity index is 3.06. The minimum Gasteiger partial charge on any atom is -0.295 e. The second-order valence-electron chi connectivity index (χ2n) is 5.99. The van der Waals surface area contributed by atoms with Gasteiger partial charge < -0.3 is 0 Å². The smallest absolute Gasteiger partial charge is 0.156 e. The van der Waals surface area contributed by atoms with Crippen molar-refractivity contribution in [1.82, 2.24) is 0 Å². The number of ketones is 1. The molecule has 16 heavy (non-hydrogen) atoms. The summed E-state index contributed by atoms with van der Waals surface area (Å²) in [5.41, 5.74) is 1.83. The van der Waals surface area contributed by atoms with Crippen LogP contribution in [0.3, 0.4) is 0 Å². The summed E-state index contributed by atoms with van der Waals surface area (Å²) in [5, 5.41) is 0. The van der Waals surface area contributed by atoms with Crippen LogP contribution in [0.15, 0.2) is 11.6 Å². The molecule has 0 saturated carbocycles. The molecule has 0 saturated heterocycles. The number of rotatable bonds is 4. The van der Waals surface area contributed by atoms with E-state index in [0.717, 1.165) is 25.7 Å². The highest BCUT2D eigenvalue weighted by Gasteiger charge is 2.36. The monoisotopic (exact) mass is 222 g/mol. The fourth-order valence-electron chi connectivity index (χ4n) is 3.12. The van der Waals surface area contributed by atoms with Crippen molar-refractivity contribution in [2.24, 2.45) is 10.8 Å². The summed E-state index contributed by atoms with van der Waals surface area (Å²) in [7, 11) is 0. The van der Waals surface area contributed by atoms with E-state index in [9.17, 15) is 4.79 Å². The second-order valence-corrected chi connectivity index (χ2v) is 5.99. The summed E-state index contributed by atoms with van der Waals surface area (Å²) >= 11 is 0. The summed E-state index contributed by atoms with van der Waals surface area (Å²) in [4.78, 5) is 11.8. The molecule has 0 unspecified atom stereocenters. The highest BCUT2D eigenvalue weighted by atomic mass is 16.1. The van der Waals surface area contributed by atoms with E-state index in [1.165, 1.54) is 5.57 Å². The minimum atomic E-state index is 0.159. The molecule has 0 spiro atoms. The summed E-state index contributed by atoms with van der Waals surface area (Å²) in [6, 6.07) is 0. The van der Waals surface area contributed by atoms with Crippen molar-refractivity contribution >= 4 is 5.78 Å². The Hall–Kier alpha value is -0.590. The molecule has 0 atom stereocenters. The molecule has 0 amide bonds. The zero-order valence-corrected chi connectivity index (χ0v) is 11.5. The van der Waals surface area contributed by atoms with Crippen LogP contribution < -0.4 is 0 Å². The van der Waals surface area contributed by atoms with Gasteiger partial charge in [-0.05, 0) is 42.6 Å². The first kappa shape index (κ1) is 13.5. The van der Waals surface area contributed by atoms with E-state index in [1.54, 1.807) is 0 Å². The van der Waals surface area contributed by atoms with Crippen LogP contribution >= 0.6 is 0 Å². The molecule has 0 N–H and O–H groups in total. The highest BCUT2D eigenvalue weighted by molar-refractivity contribution is 5.92. The molecule has 0 aliphatic heterocycles. The number of hydrogen-bond acceptors (Lipinski definition) is 1. The third-order valence-electron chi connectivity index (χ3n) is 4.37. The molecule has 1 aliphatic rings. The molecule has 0 radical (unpaired) electrons. The van der Waals surface area contributed by atoms with Crippen molar-refractivity contribution in [3.8, 4) is 0 Å². The van der Waals surface area contributed by atoms with Gasteiger partial charge in [0.05, 0.1) is 0 Å². The molecule has 0 aromatic heterocycles. The van der Waals surface area contributed by atoms with Crippen molar-refractivity contribution in [2.45, 2.75) is 66.7 Å². The Morgan fingerprint density at radius 1 is 1.12 bits per heavy atom. The Labute approximate surface area is 100 Å². The standard InChI is InChI=1S/C15H26O/c1-6-15(7-2,8-3)12-9-13(16)11-14(4,5)10-12/h9H,6-8,10-11H2,1-5H3. The molecule has 92 valence electrons. The van der Waals surface area contributed by atoms with E-state index in [1.807, 2.05) is 6.08 Å². The normalized spacial score (nSPS) is 20.8. The fourth-order valence-corrected chi connectivity index (χ4v) is 3.12. The number of hydrogen-bond donors (Lipinski definition) is 0. The van der Waals surface area contributed by atoms with E-state index in [2.05, 4.69) is 34.6 Å². The Bertz CT molecular complexity index is 284. The molecule has 1 heteroatoms. The SMILES string of the molecule is CCC(CC)(CC)C1=CC(=O)CC(C)(C)C1.